The summed E-state index contributed by atoms with van der Waals surface area (Å²) in [5.74, 6) is 1.05. The molecular formula is C14H17NO3. The molecule has 0 unspecified atom stereocenters. The van der Waals surface area contributed by atoms with Gasteiger partial charge in [-0.25, -0.2) is 0 Å². The van der Waals surface area contributed by atoms with Crippen molar-refractivity contribution in [1.82, 2.24) is 4.90 Å². The summed E-state index contributed by atoms with van der Waals surface area (Å²) in [5, 5.41) is 0. The zero-order valence-corrected chi connectivity index (χ0v) is 10.5. The number of methoxy groups -OCH3 is 1. The highest BCUT2D eigenvalue weighted by Crippen LogP contribution is 2.15. The third kappa shape index (κ3) is 3.09. The Morgan fingerprint density at radius 1 is 1.11 bits per heavy atom. The number of carbonyl (C=O) groups is 2. The molecule has 1 fully saturated rings. The van der Waals surface area contributed by atoms with Gasteiger partial charge in [-0.05, 0) is 17.7 Å². The van der Waals surface area contributed by atoms with Crippen molar-refractivity contribution in [2.24, 2.45) is 0 Å². The first-order chi connectivity index (χ1) is 8.69. The third-order valence-corrected chi connectivity index (χ3v) is 3.16. The Bertz CT molecular complexity index is 439. The van der Waals surface area contributed by atoms with E-state index in [2.05, 4.69) is 0 Å². The van der Waals surface area contributed by atoms with Gasteiger partial charge in [0.25, 0.3) is 0 Å². The predicted molar refractivity (Wildman–Crippen MR) is 67.3 cm³/mol. The van der Waals surface area contributed by atoms with Crippen molar-refractivity contribution in [3.8, 4) is 5.75 Å². The summed E-state index contributed by atoms with van der Waals surface area (Å²) in [5.41, 5.74) is 1.05. The van der Waals surface area contributed by atoms with Crippen LogP contribution in [0.1, 0.15) is 24.8 Å². The molecule has 1 amide bonds. The van der Waals surface area contributed by atoms with E-state index in [-0.39, 0.29) is 11.7 Å². The molecule has 1 aliphatic rings. The zero-order valence-electron chi connectivity index (χ0n) is 10.5. The predicted octanol–water partition coefficient (Wildman–Crippen LogP) is 1.78. The lowest BCUT2D eigenvalue weighted by Gasteiger charge is -2.20. The van der Waals surface area contributed by atoms with Crippen LogP contribution in [0, 0.1) is 0 Å². The van der Waals surface area contributed by atoms with Crippen LogP contribution in [0.15, 0.2) is 24.3 Å². The van der Waals surface area contributed by atoms with Crippen LogP contribution in [0.3, 0.4) is 0 Å². The normalized spacial score (nSPS) is 16.6. The van der Waals surface area contributed by atoms with Crippen LogP contribution in [0.2, 0.25) is 0 Å². The molecule has 0 bridgehead atoms. The van der Waals surface area contributed by atoms with Crippen molar-refractivity contribution >= 4 is 11.7 Å². The second kappa shape index (κ2) is 5.67. The van der Waals surface area contributed by atoms with E-state index >= 15 is 0 Å². The maximum absolute atomic E-state index is 11.8. The maximum atomic E-state index is 11.8. The fraction of sp³-hybridized carbons (Fsp3) is 0.429. The minimum Gasteiger partial charge on any atom is -0.497 e. The second-order valence-corrected chi connectivity index (χ2v) is 4.45. The Morgan fingerprint density at radius 3 is 2.50 bits per heavy atom. The van der Waals surface area contributed by atoms with Crippen molar-refractivity contribution < 1.29 is 14.3 Å². The molecule has 1 heterocycles. The maximum Gasteiger partial charge on any atom is 0.223 e. The molecule has 1 aromatic carbocycles. The highest BCUT2D eigenvalue weighted by atomic mass is 16.5. The Morgan fingerprint density at radius 2 is 1.83 bits per heavy atom. The van der Waals surface area contributed by atoms with Crippen molar-refractivity contribution in [3.05, 3.63) is 29.8 Å². The number of ketones is 1. The van der Waals surface area contributed by atoms with Crippen LogP contribution < -0.4 is 4.74 Å². The Labute approximate surface area is 107 Å². The highest BCUT2D eigenvalue weighted by molar-refractivity contribution is 5.87. The number of Topliss-reactive ketones (excluding diaryl/α,β-unsaturated/α-hetero) is 1. The van der Waals surface area contributed by atoms with Gasteiger partial charge in [0.15, 0.2) is 0 Å². The molecule has 1 aromatic rings. The molecule has 0 saturated carbocycles. The van der Waals surface area contributed by atoms with Crippen molar-refractivity contribution in [2.75, 3.05) is 13.7 Å². The first kappa shape index (κ1) is 12.6. The number of amides is 1. The zero-order chi connectivity index (χ0) is 13.0. The average Bonchev–Trinajstić information content (AvgIpc) is 2.55. The number of hydrogen-bond acceptors (Lipinski definition) is 3. The molecule has 4 nitrogen and oxygen atoms in total. The molecular weight excluding hydrogens is 230 g/mol. The van der Waals surface area contributed by atoms with E-state index in [9.17, 15) is 9.59 Å². The van der Waals surface area contributed by atoms with Crippen LogP contribution in [-0.2, 0) is 16.1 Å². The first-order valence-electron chi connectivity index (χ1n) is 6.11. The number of carbonyl (C=O) groups excluding carboxylic acids is 2. The molecule has 18 heavy (non-hydrogen) atoms. The summed E-state index contributed by atoms with van der Waals surface area (Å²) in [6.45, 7) is 1.10. The summed E-state index contributed by atoms with van der Waals surface area (Å²) >= 11 is 0. The van der Waals surface area contributed by atoms with E-state index in [1.165, 1.54) is 0 Å². The molecule has 4 heteroatoms. The first-order valence-corrected chi connectivity index (χ1v) is 6.11. The van der Waals surface area contributed by atoms with E-state index in [0.717, 1.165) is 11.3 Å². The van der Waals surface area contributed by atoms with Gasteiger partial charge in [-0.3, -0.25) is 9.59 Å². The van der Waals surface area contributed by atoms with Gasteiger partial charge < -0.3 is 9.64 Å². The molecule has 2 rings (SSSR count). The van der Waals surface area contributed by atoms with Gasteiger partial charge in [0.2, 0.25) is 5.91 Å². The SMILES string of the molecule is COc1ccc(CN2CCC(=O)CCC2=O)cc1. The van der Waals surface area contributed by atoms with Crippen LogP contribution in [0.5, 0.6) is 5.75 Å². The van der Waals surface area contributed by atoms with Gasteiger partial charge in [-0.15, -0.1) is 0 Å². The number of ether oxygens (including phenoxy) is 1. The summed E-state index contributed by atoms with van der Waals surface area (Å²) < 4.78 is 5.09. The van der Waals surface area contributed by atoms with Gasteiger partial charge in [0.1, 0.15) is 11.5 Å². The average molecular weight is 247 g/mol. The molecule has 1 aliphatic heterocycles. The summed E-state index contributed by atoms with van der Waals surface area (Å²) in [7, 11) is 1.62. The molecule has 0 aliphatic carbocycles. The molecule has 0 radical (unpaired) electrons. The number of likely N-dealkylation sites (tertiary alicyclic amines) is 1. The van der Waals surface area contributed by atoms with Crippen LogP contribution in [0.25, 0.3) is 0 Å². The number of rotatable bonds is 3. The lowest BCUT2D eigenvalue weighted by molar-refractivity contribution is -0.131. The third-order valence-electron chi connectivity index (χ3n) is 3.16. The van der Waals surface area contributed by atoms with Gasteiger partial charge in [0, 0.05) is 32.4 Å². The summed E-state index contributed by atoms with van der Waals surface area (Å²) in [4.78, 5) is 24.9. The van der Waals surface area contributed by atoms with Crippen molar-refractivity contribution in [3.63, 3.8) is 0 Å². The highest BCUT2D eigenvalue weighted by Gasteiger charge is 2.20. The second-order valence-electron chi connectivity index (χ2n) is 4.45. The summed E-state index contributed by atoms with van der Waals surface area (Å²) in [6, 6.07) is 7.64. The Balaban J connectivity index is 2.02. The monoisotopic (exact) mass is 247 g/mol. The van der Waals surface area contributed by atoms with E-state index in [1.54, 1.807) is 12.0 Å². The molecule has 1 saturated heterocycles. The molecule has 96 valence electrons. The van der Waals surface area contributed by atoms with E-state index in [1.807, 2.05) is 24.3 Å². The van der Waals surface area contributed by atoms with E-state index < -0.39 is 0 Å². The van der Waals surface area contributed by atoms with Gasteiger partial charge in [0.05, 0.1) is 7.11 Å². The minimum absolute atomic E-state index is 0.0664. The molecule has 0 aromatic heterocycles. The standard InChI is InChI=1S/C14H17NO3/c1-18-13-5-2-11(3-6-13)10-15-9-8-12(16)4-7-14(15)17/h2-3,5-6H,4,7-10H2,1H3. The molecule has 0 atom stereocenters. The van der Waals surface area contributed by atoms with Crippen LogP contribution in [0.4, 0.5) is 0 Å². The largest absolute Gasteiger partial charge is 0.497 e. The van der Waals surface area contributed by atoms with E-state index in [4.69, 9.17) is 4.74 Å². The molecule has 0 N–H and O–H groups in total. The van der Waals surface area contributed by atoms with Gasteiger partial charge >= 0.3 is 0 Å². The lowest BCUT2D eigenvalue weighted by Crippen LogP contribution is -2.29. The van der Waals surface area contributed by atoms with Crippen molar-refractivity contribution in [2.45, 2.75) is 25.8 Å². The number of benzene rings is 1. The fourth-order valence-electron chi connectivity index (χ4n) is 2.03. The van der Waals surface area contributed by atoms with Gasteiger partial charge in [-0.1, -0.05) is 12.1 Å². The molecule has 0 spiro atoms. The van der Waals surface area contributed by atoms with Crippen LogP contribution in [-0.4, -0.2) is 30.2 Å². The number of nitrogens with zero attached hydrogens (tertiary/aromatic N) is 1. The topological polar surface area (TPSA) is 46.6 Å². The smallest absolute Gasteiger partial charge is 0.223 e. The Hall–Kier alpha value is -1.84. The summed E-state index contributed by atoms with van der Waals surface area (Å²) in [6.07, 6.45) is 1.20. The van der Waals surface area contributed by atoms with Gasteiger partial charge in [-0.2, -0.15) is 0 Å². The van der Waals surface area contributed by atoms with E-state index in [0.29, 0.717) is 32.4 Å². The minimum atomic E-state index is 0.0664. The van der Waals surface area contributed by atoms with Crippen molar-refractivity contribution in [1.29, 1.82) is 0 Å². The van der Waals surface area contributed by atoms with Crippen LogP contribution >= 0.6 is 0 Å². The Kier molecular flexibility index (Phi) is 3.97. The quantitative estimate of drug-likeness (QED) is 0.818. The lowest BCUT2D eigenvalue weighted by atomic mass is 10.2. The number of hydrogen-bond donors (Lipinski definition) is 0. The fourth-order valence-corrected chi connectivity index (χ4v) is 2.03.